The fraction of sp³-hybridized carbons (Fsp3) is 0.0588. The van der Waals surface area contributed by atoms with Crippen LogP contribution in [0.5, 0.6) is 0 Å². The summed E-state index contributed by atoms with van der Waals surface area (Å²) in [6.45, 7) is -0.302. The monoisotopic (exact) mass is 295 g/mol. The number of carbonyl (C=O) groups is 2. The first-order chi connectivity index (χ1) is 10.7. The van der Waals surface area contributed by atoms with Gasteiger partial charge in [-0.05, 0) is 24.3 Å². The summed E-state index contributed by atoms with van der Waals surface area (Å²) in [5.74, 6) is -0.304. The molecule has 110 valence electrons. The third-order valence-electron chi connectivity index (χ3n) is 3.16. The Morgan fingerprint density at radius 1 is 1.18 bits per heavy atom. The molecule has 0 atom stereocenters. The number of hydrogen-bond acceptors (Lipinski definition) is 4. The molecule has 2 heterocycles. The highest BCUT2D eigenvalue weighted by atomic mass is 16.5. The molecule has 0 bridgehead atoms. The van der Waals surface area contributed by atoms with Crippen molar-refractivity contribution in [3.05, 3.63) is 66.3 Å². The van der Waals surface area contributed by atoms with Gasteiger partial charge in [0.05, 0.1) is 6.26 Å². The van der Waals surface area contributed by atoms with Crippen LogP contribution in [0.2, 0.25) is 0 Å². The number of Topliss-reactive ketones (excluding diaryl/α,β-unsaturated/α-hetero) is 1. The summed E-state index contributed by atoms with van der Waals surface area (Å²) in [4.78, 5) is 26.7. The van der Waals surface area contributed by atoms with Crippen molar-refractivity contribution in [2.75, 3.05) is 6.61 Å². The predicted molar refractivity (Wildman–Crippen MR) is 81.3 cm³/mol. The van der Waals surface area contributed by atoms with Crippen molar-refractivity contribution in [3.63, 3.8) is 0 Å². The minimum absolute atomic E-state index is 0.253. The van der Waals surface area contributed by atoms with Crippen LogP contribution in [-0.2, 0) is 9.53 Å². The molecule has 2 aromatic heterocycles. The number of fused-ring (bicyclic) bond motifs is 1. The van der Waals surface area contributed by atoms with Crippen LogP contribution in [0.15, 0.2) is 59.4 Å². The van der Waals surface area contributed by atoms with Gasteiger partial charge >= 0.3 is 5.97 Å². The Hall–Kier alpha value is -3.08. The summed E-state index contributed by atoms with van der Waals surface area (Å²) in [5.41, 5.74) is 1.38. The second-order valence-electron chi connectivity index (χ2n) is 4.63. The van der Waals surface area contributed by atoms with E-state index in [0.29, 0.717) is 11.3 Å². The molecule has 0 fully saturated rings. The molecule has 0 saturated carbocycles. The zero-order valence-electron chi connectivity index (χ0n) is 11.6. The third kappa shape index (κ3) is 2.98. The molecule has 0 radical (unpaired) electrons. The molecular formula is C17H13NO4. The fourth-order valence-electron chi connectivity index (χ4n) is 2.10. The van der Waals surface area contributed by atoms with Crippen molar-refractivity contribution in [2.24, 2.45) is 0 Å². The molecule has 5 heteroatoms. The van der Waals surface area contributed by atoms with Crippen molar-refractivity contribution in [2.45, 2.75) is 0 Å². The van der Waals surface area contributed by atoms with Gasteiger partial charge in [-0.15, -0.1) is 0 Å². The average molecular weight is 295 g/mol. The van der Waals surface area contributed by atoms with Gasteiger partial charge in [0, 0.05) is 28.7 Å². The van der Waals surface area contributed by atoms with E-state index in [1.54, 1.807) is 18.3 Å². The highest BCUT2D eigenvalue weighted by molar-refractivity contribution is 6.09. The molecule has 0 spiro atoms. The molecule has 3 rings (SSSR count). The summed E-state index contributed by atoms with van der Waals surface area (Å²) >= 11 is 0. The lowest BCUT2D eigenvalue weighted by molar-refractivity contribution is -0.136. The molecule has 3 aromatic rings. The Balaban J connectivity index is 1.61. The summed E-state index contributed by atoms with van der Waals surface area (Å²) in [6.07, 6.45) is 5.84. The SMILES string of the molecule is O=C(/C=C/c1ccco1)OCC(=O)c1c[nH]c2ccccc12. The first-order valence-electron chi connectivity index (χ1n) is 6.72. The van der Waals surface area contributed by atoms with Crippen LogP contribution in [-0.4, -0.2) is 23.3 Å². The van der Waals surface area contributed by atoms with Crippen LogP contribution in [0.3, 0.4) is 0 Å². The highest BCUT2D eigenvalue weighted by Crippen LogP contribution is 2.18. The van der Waals surface area contributed by atoms with Gasteiger partial charge in [-0.2, -0.15) is 0 Å². The standard InChI is InChI=1S/C17H13NO4/c19-16(14-10-18-15-6-2-1-5-13(14)15)11-22-17(20)8-7-12-4-3-9-21-12/h1-10,18H,11H2/b8-7+. The van der Waals surface area contributed by atoms with Gasteiger partial charge in [-0.3, -0.25) is 4.79 Å². The second-order valence-corrected chi connectivity index (χ2v) is 4.63. The summed E-state index contributed by atoms with van der Waals surface area (Å²) in [7, 11) is 0. The maximum Gasteiger partial charge on any atom is 0.331 e. The molecule has 22 heavy (non-hydrogen) atoms. The molecule has 0 saturated heterocycles. The number of esters is 1. The van der Waals surface area contributed by atoms with Crippen molar-refractivity contribution in [1.82, 2.24) is 4.98 Å². The molecule has 0 aliphatic heterocycles. The summed E-state index contributed by atoms with van der Waals surface area (Å²) < 4.78 is 9.99. The maximum absolute atomic E-state index is 12.1. The smallest absolute Gasteiger partial charge is 0.331 e. The number of benzene rings is 1. The maximum atomic E-state index is 12.1. The van der Waals surface area contributed by atoms with Gasteiger partial charge in [0.15, 0.2) is 6.61 Å². The predicted octanol–water partition coefficient (Wildman–Crippen LogP) is 3.20. The topological polar surface area (TPSA) is 72.3 Å². The molecule has 0 aliphatic rings. The Morgan fingerprint density at radius 3 is 2.86 bits per heavy atom. The average Bonchev–Trinajstić information content (AvgIpc) is 3.19. The van der Waals surface area contributed by atoms with Gasteiger partial charge in [0.2, 0.25) is 5.78 Å². The number of aromatic nitrogens is 1. The van der Waals surface area contributed by atoms with Crippen molar-refractivity contribution in [1.29, 1.82) is 0 Å². The highest BCUT2D eigenvalue weighted by Gasteiger charge is 2.13. The number of nitrogens with one attached hydrogen (secondary N) is 1. The Labute approximate surface area is 126 Å². The van der Waals surface area contributed by atoms with E-state index in [4.69, 9.17) is 9.15 Å². The molecule has 1 N–H and O–H groups in total. The lowest BCUT2D eigenvalue weighted by Gasteiger charge is -2.00. The van der Waals surface area contributed by atoms with Crippen LogP contribution < -0.4 is 0 Å². The molecular weight excluding hydrogens is 282 g/mol. The summed E-state index contributed by atoms with van der Waals surface area (Å²) in [5, 5.41) is 0.815. The number of furan rings is 1. The molecule has 5 nitrogen and oxygen atoms in total. The van der Waals surface area contributed by atoms with Crippen LogP contribution in [0, 0.1) is 0 Å². The minimum atomic E-state index is -0.593. The molecule has 0 amide bonds. The number of ether oxygens (including phenoxy) is 1. The van der Waals surface area contributed by atoms with E-state index in [0.717, 1.165) is 10.9 Å². The Morgan fingerprint density at radius 2 is 2.05 bits per heavy atom. The van der Waals surface area contributed by atoms with E-state index in [1.165, 1.54) is 18.4 Å². The Kier molecular flexibility index (Phi) is 3.87. The van der Waals surface area contributed by atoms with Crippen LogP contribution in [0.4, 0.5) is 0 Å². The van der Waals surface area contributed by atoms with E-state index in [-0.39, 0.29) is 12.4 Å². The van der Waals surface area contributed by atoms with Crippen molar-refractivity contribution >= 4 is 28.7 Å². The van der Waals surface area contributed by atoms with Gasteiger partial charge in [-0.1, -0.05) is 18.2 Å². The van der Waals surface area contributed by atoms with Crippen molar-refractivity contribution < 1.29 is 18.7 Å². The lowest BCUT2D eigenvalue weighted by atomic mass is 10.1. The number of carbonyl (C=O) groups excluding carboxylic acids is 2. The quantitative estimate of drug-likeness (QED) is 0.445. The second kappa shape index (κ2) is 6.13. The fourth-order valence-corrected chi connectivity index (χ4v) is 2.10. The molecule has 0 unspecified atom stereocenters. The first-order valence-corrected chi connectivity index (χ1v) is 6.72. The van der Waals surface area contributed by atoms with Crippen LogP contribution >= 0.6 is 0 Å². The van der Waals surface area contributed by atoms with E-state index in [2.05, 4.69) is 4.98 Å². The van der Waals surface area contributed by atoms with Gasteiger partial charge in [-0.25, -0.2) is 4.79 Å². The third-order valence-corrected chi connectivity index (χ3v) is 3.16. The zero-order valence-corrected chi connectivity index (χ0v) is 11.6. The van der Waals surface area contributed by atoms with E-state index in [9.17, 15) is 9.59 Å². The number of rotatable bonds is 5. The number of H-pyrrole nitrogens is 1. The largest absolute Gasteiger partial charge is 0.465 e. The van der Waals surface area contributed by atoms with Gasteiger partial charge < -0.3 is 14.1 Å². The number of hydrogen-bond donors (Lipinski definition) is 1. The normalized spacial score (nSPS) is 11.1. The zero-order chi connectivity index (χ0) is 15.4. The van der Waals surface area contributed by atoms with E-state index in [1.807, 2.05) is 24.3 Å². The minimum Gasteiger partial charge on any atom is -0.465 e. The Bertz CT molecular complexity index is 827. The van der Waals surface area contributed by atoms with Gasteiger partial charge in [0.25, 0.3) is 0 Å². The van der Waals surface area contributed by atoms with Gasteiger partial charge in [0.1, 0.15) is 5.76 Å². The molecule has 0 aliphatic carbocycles. The van der Waals surface area contributed by atoms with Crippen LogP contribution in [0.1, 0.15) is 16.1 Å². The van der Waals surface area contributed by atoms with Crippen LogP contribution in [0.25, 0.3) is 17.0 Å². The molecule has 1 aromatic carbocycles. The number of para-hydroxylation sites is 1. The van der Waals surface area contributed by atoms with Crippen molar-refractivity contribution in [3.8, 4) is 0 Å². The number of aromatic amines is 1. The van der Waals surface area contributed by atoms with E-state index >= 15 is 0 Å². The lowest BCUT2D eigenvalue weighted by Crippen LogP contribution is -2.12. The first kappa shape index (κ1) is 13.9. The number of ketones is 1. The van der Waals surface area contributed by atoms with E-state index < -0.39 is 5.97 Å². The summed E-state index contributed by atoms with van der Waals surface area (Å²) in [6, 6.07) is 10.9.